The van der Waals surface area contributed by atoms with Gasteiger partial charge < -0.3 is 10.5 Å². The van der Waals surface area contributed by atoms with Crippen LogP contribution in [0.5, 0.6) is 5.75 Å². The minimum Gasteiger partial charge on any atom is -0.497 e. The fourth-order valence-electron chi connectivity index (χ4n) is 2.06. The molecular weight excluding hydrogens is 212 g/mol. The summed E-state index contributed by atoms with van der Waals surface area (Å²) in [4.78, 5) is 0. The van der Waals surface area contributed by atoms with E-state index in [2.05, 4.69) is 0 Å². The summed E-state index contributed by atoms with van der Waals surface area (Å²) in [6.45, 7) is 2.03. The number of hydrogen-bond acceptors (Lipinski definition) is 2. The minimum atomic E-state index is -0.622. The Hall–Kier alpha value is -1.16. The Balaban J connectivity index is 2.33. The van der Waals surface area contributed by atoms with Crippen LogP contribution in [-0.4, -0.2) is 7.11 Å². The van der Waals surface area contributed by atoms with Gasteiger partial charge in [0, 0.05) is 23.7 Å². The molecule has 1 aliphatic rings. The van der Waals surface area contributed by atoms with Crippen molar-refractivity contribution in [2.24, 2.45) is 17.6 Å². The third-order valence-corrected chi connectivity index (χ3v) is 3.25. The molecule has 3 unspecified atom stereocenters. The first-order valence-electron chi connectivity index (χ1n) is 5.33. The molecule has 2 nitrogen and oxygen atoms in total. The van der Waals surface area contributed by atoms with Gasteiger partial charge in [-0.3, -0.25) is 0 Å². The topological polar surface area (TPSA) is 35.2 Å². The van der Waals surface area contributed by atoms with E-state index in [4.69, 9.17) is 10.5 Å². The largest absolute Gasteiger partial charge is 0.497 e. The number of rotatable bonds is 3. The van der Waals surface area contributed by atoms with Crippen LogP contribution < -0.4 is 10.5 Å². The smallest absolute Gasteiger partial charge is 0.134 e. The Labute approximate surface area is 93.4 Å². The molecule has 0 amide bonds. The van der Waals surface area contributed by atoms with Gasteiger partial charge in [0.25, 0.3) is 0 Å². The predicted molar refractivity (Wildman–Crippen MR) is 57.1 cm³/mol. The summed E-state index contributed by atoms with van der Waals surface area (Å²) in [6, 6.07) is 1.79. The second kappa shape index (κ2) is 4.01. The summed E-state index contributed by atoms with van der Waals surface area (Å²) in [5.41, 5.74) is 5.84. The van der Waals surface area contributed by atoms with Crippen LogP contribution in [0, 0.1) is 23.5 Å². The van der Waals surface area contributed by atoms with Crippen molar-refractivity contribution in [1.82, 2.24) is 0 Å². The van der Waals surface area contributed by atoms with Gasteiger partial charge in [-0.25, -0.2) is 8.78 Å². The van der Waals surface area contributed by atoms with E-state index in [0.717, 1.165) is 6.42 Å². The molecule has 0 saturated heterocycles. The molecule has 0 bridgehead atoms. The number of hydrogen-bond donors (Lipinski definition) is 1. The molecule has 16 heavy (non-hydrogen) atoms. The van der Waals surface area contributed by atoms with Crippen molar-refractivity contribution in [3.05, 3.63) is 29.3 Å². The van der Waals surface area contributed by atoms with Crippen molar-refractivity contribution in [2.45, 2.75) is 19.4 Å². The molecule has 0 aliphatic heterocycles. The maximum absolute atomic E-state index is 13.7. The molecule has 2 rings (SSSR count). The minimum absolute atomic E-state index is 0.0184. The van der Waals surface area contributed by atoms with E-state index < -0.39 is 17.7 Å². The first-order valence-corrected chi connectivity index (χ1v) is 5.33. The predicted octanol–water partition coefficient (Wildman–Crippen LogP) is 2.63. The number of methoxy groups -OCH3 is 1. The van der Waals surface area contributed by atoms with E-state index in [0.29, 0.717) is 5.92 Å². The van der Waals surface area contributed by atoms with Crippen molar-refractivity contribution in [3.8, 4) is 5.75 Å². The summed E-state index contributed by atoms with van der Waals surface area (Å²) in [6.07, 6.45) is 0.937. The van der Waals surface area contributed by atoms with Crippen LogP contribution in [-0.2, 0) is 0 Å². The Bertz CT molecular complexity index is 385. The van der Waals surface area contributed by atoms with Crippen molar-refractivity contribution in [1.29, 1.82) is 0 Å². The lowest BCUT2D eigenvalue weighted by molar-refractivity contribution is 0.402. The van der Waals surface area contributed by atoms with Crippen LogP contribution in [0.4, 0.5) is 8.78 Å². The average molecular weight is 227 g/mol. The van der Waals surface area contributed by atoms with Crippen molar-refractivity contribution in [3.63, 3.8) is 0 Å². The molecular formula is C12H15F2NO. The number of nitrogens with two attached hydrogens (primary N) is 1. The zero-order chi connectivity index (χ0) is 11.9. The molecule has 4 heteroatoms. The molecule has 1 aliphatic carbocycles. The maximum atomic E-state index is 13.7. The van der Waals surface area contributed by atoms with Gasteiger partial charge in [0.05, 0.1) is 7.11 Å². The van der Waals surface area contributed by atoms with Gasteiger partial charge in [-0.1, -0.05) is 6.92 Å². The highest BCUT2D eigenvalue weighted by atomic mass is 19.1. The standard InChI is InChI=1S/C12H15F2NO/c1-6-3-8(6)12(15)11-9(13)4-7(16-2)5-10(11)14/h4-6,8,12H,3,15H2,1-2H3. The highest BCUT2D eigenvalue weighted by Crippen LogP contribution is 2.46. The number of benzene rings is 1. The number of halogens is 2. The Kier molecular flexibility index (Phi) is 2.84. The van der Waals surface area contributed by atoms with E-state index in [1.54, 1.807) is 0 Å². The van der Waals surface area contributed by atoms with Gasteiger partial charge in [0.2, 0.25) is 0 Å². The fourth-order valence-corrected chi connectivity index (χ4v) is 2.06. The van der Waals surface area contributed by atoms with Crippen LogP contribution >= 0.6 is 0 Å². The van der Waals surface area contributed by atoms with Crippen LogP contribution in [0.15, 0.2) is 12.1 Å². The van der Waals surface area contributed by atoms with Gasteiger partial charge in [0.15, 0.2) is 0 Å². The Morgan fingerprint density at radius 1 is 1.38 bits per heavy atom. The molecule has 1 saturated carbocycles. The second-order valence-electron chi connectivity index (χ2n) is 4.41. The summed E-state index contributed by atoms with van der Waals surface area (Å²) in [7, 11) is 1.37. The van der Waals surface area contributed by atoms with E-state index in [1.807, 2.05) is 6.92 Å². The molecule has 1 aromatic carbocycles. The third kappa shape index (κ3) is 1.89. The molecule has 1 fully saturated rings. The number of ether oxygens (including phenoxy) is 1. The average Bonchev–Trinajstić information content (AvgIpc) is 2.94. The van der Waals surface area contributed by atoms with Crippen molar-refractivity contribution in [2.75, 3.05) is 7.11 Å². The summed E-state index contributed by atoms with van der Waals surface area (Å²) in [5.74, 6) is -0.421. The lowest BCUT2D eigenvalue weighted by Gasteiger charge is -2.14. The van der Waals surface area contributed by atoms with E-state index >= 15 is 0 Å². The fraction of sp³-hybridized carbons (Fsp3) is 0.500. The monoisotopic (exact) mass is 227 g/mol. The first kappa shape index (κ1) is 11.3. The van der Waals surface area contributed by atoms with E-state index in [-0.39, 0.29) is 17.2 Å². The zero-order valence-corrected chi connectivity index (χ0v) is 9.34. The van der Waals surface area contributed by atoms with E-state index in [9.17, 15) is 8.78 Å². The third-order valence-electron chi connectivity index (χ3n) is 3.25. The van der Waals surface area contributed by atoms with Crippen molar-refractivity contribution < 1.29 is 13.5 Å². The van der Waals surface area contributed by atoms with E-state index in [1.165, 1.54) is 19.2 Å². The molecule has 0 radical (unpaired) electrons. The Morgan fingerprint density at radius 2 is 1.88 bits per heavy atom. The Morgan fingerprint density at radius 3 is 2.25 bits per heavy atom. The van der Waals surface area contributed by atoms with Gasteiger partial charge in [-0.2, -0.15) is 0 Å². The van der Waals surface area contributed by atoms with Crippen LogP contribution in [0.3, 0.4) is 0 Å². The highest BCUT2D eigenvalue weighted by Gasteiger charge is 2.40. The van der Waals surface area contributed by atoms with Gasteiger partial charge >= 0.3 is 0 Å². The van der Waals surface area contributed by atoms with Crippen LogP contribution in [0.25, 0.3) is 0 Å². The SMILES string of the molecule is COc1cc(F)c(C(N)C2CC2C)c(F)c1. The van der Waals surface area contributed by atoms with Gasteiger partial charge in [-0.05, 0) is 18.3 Å². The molecule has 0 heterocycles. The quantitative estimate of drug-likeness (QED) is 0.861. The molecule has 2 N–H and O–H groups in total. The molecule has 3 atom stereocenters. The summed E-state index contributed by atoms with van der Waals surface area (Å²) in [5, 5.41) is 0. The summed E-state index contributed by atoms with van der Waals surface area (Å²) < 4.78 is 32.1. The van der Waals surface area contributed by atoms with Gasteiger partial charge in [-0.15, -0.1) is 0 Å². The molecule has 0 spiro atoms. The van der Waals surface area contributed by atoms with Crippen LogP contribution in [0.2, 0.25) is 0 Å². The maximum Gasteiger partial charge on any atom is 0.134 e. The molecule has 0 aromatic heterocycles. The second-order valence-corrected chi connectivity index (χ2v) is 4.41. The normalized spacial score (nSPS) is 25.3. The molecule has 88 valence electrons. The first-order chi connectivity index (χ1) is 7.54. The zero-order valence-electron chi connectivity index (χ0n) is 9.34. The van der Waals surface area contributed by atoms with Crippen molar-refractivity contribution >= 4 is 0 Å². The highest BCUT2D eigenvalue weighted by molar-refractivity contribution is 5.33. The lowest BCUT2D eigenvalue weighted by Crippen LogP contribution is -2.17. The molecule has 1 aromatic rings. The lowest BCUT2D eigenvalue weighted by atomic mass is 10.0. The van der Waals surface area contributed by atoms with Crippen LogP contribution in [0.1, 0.15) is 24.9 Å². The van der Waals surface area contributed by atoms with Gasteiger partial charge in [0.1, 0.15) is 17.4 Å². The summed E-state index contributed by atoms with van der Waals surface area (Å²) >= 11 is 0.